The van der Waals surface area contributed by atoms with E-state index in [4.69, 9.17) is 4.42 Å². The van der Waals surface area contributed by atoms with Crippen molar-refractivity contribution < 1.29 is 4.42 Å². The lowest BCUT2D eigenvalue weighted by Crippen LogP contribution is -2.45. The van der Waals surface area contributed by atoms with Crippen LogP contribution in [-0.4, -0.2) is 31.6 Å². The van der Waals surface area contributed by atoms with Gasteiger partial charge in [0.15, 0.2) is 0 Å². The predicted octanol–water partition coefficient (Wildman–Crippen LogP) is 3.52. The van der Waals surface area contributed by atoms with Crippen molar-refractivity contribution in [1.82, 2.24) is 10.2 Å². The molecule has 1 saturated carbocycles. The van der Waals surface area contributed by atoms with Gasteiger partial charge in [0.25, 0.3) is 0 Å². The third-order valence-corrected chi connectivity index (χ3v) is 4.70. The second kappa shape index (κ2) is 7.28. The minimum absolute atomic E-state index is 0.448. The van der Waals surface area contributed by atoms with E-state index in [1.54, 1.807) is 6.26 Å². The van der Waals surface area contributed by atoms with Crippen LogP contribution in [0.15, 0.2) is 22.8 Å². The van der Waals surface area contributed by atoms with Crippen molar-refractivity contribution in [3.8, 4) is 0 Å². The zero-order chi connectivity index (χ0) is 14.4. The van der Waals surface area contributed by atoms with E-state index in [9.17, 15) is 0 Å². The highest BCUT2D eigenvalue weighted by molar-refractivity contribution is 4.98. The molecule has 1 aliphatic rings. The van der Waals surface area contributed by atoms with Crippen LogP contribution in [0.2, 0.25) is 0 Å². The van der Waals surface area contributed by atoms with Gasteiger partial charge in [-0.15, -0.1) is 0 Å². The summed E-state index contributed by atoms with van der Waals surface area (Å²) in [4.78, 5) is 2.42. The largest absolute Gasteiger partial charge is 0.468 e. The Balaban J connectivity index is 1.92. The van der Waals surface area contributed by atoms with E-state index in [1.165, 1.54) is 25.7 Å². The van der Waals surface area contributed by atoms with Crippen molar-refractivity contribution in [2.45, 2.75) is 46.1 Å². The van der Waals surface area contributed by atoms with E-state index in [-0.39, 0.29) is 0 Å². The van der Waals surface area contributed by atoms with Crippen molar-refractivity contribution in [2.75, 3.05) is 26.7 Å². The first-order valence-corrected chi connectivity index (χ1v) is 8.05. The molecule has 1 heterocycles. The van der Waals surface area contributed by atoms with Crippen LogP contribution < -0.4 is 5.32 Å². The average Bonchev–Trinajstić information content (AvgIpc) is 2.92. The molecule has 3 nitrogen and oxygen atoms in total. The molecule has 1 N–H and O–H groups in total. The lowest BCUT2D eigenvalue weighted by molar-refractivity contribution is 0.0933. The second-order valence-corrected chi connectivity index (χ2v) is 6.71. The molecule has 20 heavy (non-hydrogen) atoms. The normalized spacial score (nSPS) is 27.1. The number of hydrogen-bond acceptors (Lipinski definition) is 3. The van der Waals surface area contributed by atoms with E-state index in [1.807, 2.05) is 6.07 Å². The smallest absolute Gasteiger partial charge is 0.117 e. The van der Waals surface area contributed by atoms with E-state index >= 15 is 0 Å². The van der Waals surface area contributed by atoms with E-state index in [0.29, 0.717) is 5.41 Å². The third kappa shape index (κ3) is 4.35. The maximum absolute atomic E-state index is 5.47. The Kier molecular flexibility index (Phi) is 5.67. The van der Waals surface area contributed by atoms with Crippen LogP contribution in [0.25, 0.3) is 0 Å². The molecule has 1 aliphatic carbocycles. The Bertz CT molecular complexity index is 361. The minimum Gasteiger partial charge on any atom is -0.468 e. The summed E-state index contributed by atoms with van der Waals surface area (Å²) in [6.07, 6.45) is 7.22. The predicted molar refractivity (Wildman–Crippen MR) is 83.7 cm³/mol. The minimum atomic E-state index is 0.448. The molecule has 0 amide bonds. The summed E-state index contributed by atoms with van der Waals surface area (Å²) in [5.41, 5.74) is 0.448. The van der Waals surface area contributed by atoms with Gasteiger partial charge < -0.3 is 9.73 Å². The summed E-state index contributed by atoms with van der Waals surface area (Å²) in [6.45, 7) is 8.89. The first-order chi connectivity index (χ1) is 9.63. The topological polar surface area (TPSA) is 28.4 Å². The molecule has 1 aromatic rings. The fraction of sp³-hybridized carbons (Fsp3) is 0.765. The lowest BCUT2D eigenvalue weighted by atomic mass is 9.70. The van der Waals surface area contributed by atoms with Gasteiger partial charge in [-0.25, -0.2) is 0 Å². The summed E-state index contributed by atoms with van der Waals surface area (Å²) < 4.78 is 5.47. The fourth-order valence-electron chi connectivity index (χ4n) is 3.45. The summed E-state index contributed by atoms with van der Waals surface area (Å²) in [5, 5.41) is 3.59. The number of rotatable bonds is 7. The van der Waals surface area contributed by atoms with Gasteiger partial charge in [0.05, 0.1) is 12.8 Å². The molecule has 0 radical (unpaired) electrons. The molecule has 0 saturated heterocycles. The first-order valence-electron chi connectivity index (χ1n) is 8.05. The average molecular weight is 278 g/mol. The number of nitrogens with zero attached hydrogens (tertiary/aromatic N) is 1. The van der Waals surface area contributed by atoms with Crippen molar-refractivity contribution in [3.63, 3.8) is 0 Å². The molecule has 0 spiro atoms. The van der Waals surface area contributed by atoms with Crippen LogP contribution in [0, 0.1) is 11.3 Å². The molecular weight excluding hydrogens is 248 g/mol. The summed E-state index contributed by atoms with van der Waals surface area (Å²) in [6, 6.07) is 4.04. The Morgan fingerprint density at radius 1 is 1.40 bits per heavy atom. The zero-order valence-electron chi connectivity index (χ0n) is 13.3. The van der Waals surface area contributed by atoms with E-state index in [2.05, 4.69) is 37.2 Å². The molecular formula is C17H30N2O. The maximum Gasteiger partial charge on any atom is 0.117 e. The highest BCUT2D eigenvalue weighted by Gasteiger charge is 2.34. The molecule has 2 rings (SSSR count). The molecule has 0 bridgehead atoms. The molecule has 1 fully saturated rings. The zero-order valence-corrected chi connectivity index (χ0v) is 13.3. The third-order valence-electron chi connectivity index (χ3n) is 4.70. The molecule has 3 heteroatoms. The van der Waals surface area contributed by atoms with Crippen LogP contribution in [0.4, 0.5) is 0 Å². The summed E-state index contributed by atoms with van der Waals surface area (Å²) >= 11 is 0. The van der Waals surface area contributed by atoms with Crippen LogP contribution in [0.3, 0.4) is 0 Å². The molecule has 0 aromatic carbocycles. The number of furan rings is 1. The number of nitrogens with one attached hydrogen (secondary N) is 1. The highest BCUT2D eigenvalue weighted by Crippen LogP contribution is 2.39. The van der Waals surface area contributed by atoms with Gasteiger partial charge >= 0.3 is 0 Å². The highest BCUT2D eigenvalue weighted by atomic mass is 16.3. The Morgan fingerprint density at radius 2 is 2.15 bits per heavy atom. The van der Waals surface area contributed by atoms with Gasteiger partial charge in [-0.2, -0.15) is 0 Å². The maximum atomic E-state index is 5.47. The Hall–Kier alpha value is -0.800. The Morgan fingerprint density at radius 3 is 2.75 bits per heavy atom. The van der Waals surface area contributed by atoms with Gasteiger partial charge in [0, 0.05) is 13.1 Å². The van der Waals surface area contributed by atoms with E-state index < -0.39 is 0 Å². The Labute approximate surface area is 123 Å². The van der Waals surface area contributed by atoms with Gasteiger partial charge in [-0.1, -0.05) is 26.7 Å². The van der Waals surface area contributed by atoms with Crippen molar-refractivity contribution >= 4 is 0 Å². The molecule has 0 atom stereocenters. The van der Waals surface area contributed by atoms with Crippen LogP contribution in [0.1, 0.15) is 45.3 Å². The van der Waals surface area contributed by atoms with Crippen molar-refractivity contribution in [3.05, 3.63) is 24.2 Å². The second-order valence-electron chi connectivity index (χ2n) is 6.71. The van der Waals surface area contributed by atoms with Crippen LogP contribution >= 0.6 is 0 Å². The SMILES string of the molecule is CCNCC1(CN(C)Cc2ccco2)CCC(C)CC1. The molecule has 114 valence electrons. The van der Waals surface area contributed by atoms with E-state index in [0.717, 1.165) is 37.9 Å². The van der Waals surface area contributed by atoms with Gasteiger partial charge in [0.1, 0.15) is 5.76 Å². The van der Waals surface area contributed by atoms with Crippen LogP contribution in [-0.2, 0) is 6.54 Å². The molecule has 1 aromatic heterocycles. The van der Waals surface area contributed by atoms with Crippen molar-refractivity contribution in [1.29, 1.82) is 0 Å². The monoisotopic (exact) mass is 278 g/mol. The van der Waals surface area contributed by atoms with Crippen LogP contribution in [0.5, 0.6) is 0 Å². The summed E-state index contributed by atoms with van der Waals surface area (Å²) in [5.74, 6) is 1.97. The van der Waals surface area contributed by atoms with Crippen molar-refractivity contribution in [2.24, 2.45) is 11.3 Å². The molecule has 0 unspecified atom stereocenters. The van der Waals surface area contributed by atoms with Gasteiger partial charge in [-0.3, -0.25) is 4.90 Å². The van der Waals surface area contributed by atoms with Gasteiger partial charge in [0.2, 0.25) is 0 Å². The standard InChI is InChI=1S/C17H30N2O/c1-4-18-13-17(9-7-15(2)8-10-17)14-19(3)12-16-6-5-11-20-16/h5-6,11,15,18H,4,7-10,12-14H2,1-3H3. The van der Waals surface area contributed by atoms with Gasteiger partial charge in [-0.05, 0) is 49.9 Å². The quantitative estimate of drug-likeness (QED) is 0.827. The molecule has 0 aliphatic heterocycles. The first kappa shape index (κ1) is 15.6. The summed E-state index contributed by atoms with van der Waals surface area (Å²) in [7, 11) is 2.22. The number of hydrogen-bond donors (Lipinski definition) is 1. The lowest BCUT2D eigenvalue weighted by Gasteiger charge is -2.42. The fourth-order valence-corrected chi connectivity index (χ4v) is 3.45.